The van der Waals surface area contributed by atoms with Crippen LogP contribution in [0.5, 0.6) is 0 Å². The van der Waals surface area contributed by atoms with E-state index in [0.29, 0.717) is 24.9 Å². The molecule has 0 saturated carbocycles. The quantitative estimate of drug-likeness (QED) is 0.365. The largest absolute Gasteiger partial charge is 0.390 e. The molecule has 4 nitrogen and oxygen atoms in total. The van der Waals surface area contributed by atoms with E-state index in [-0.39, 0.29) is 23.4 Å². The van der Waals surface area contributed by atoms with Crippen LogP contribution in [0.15, 0.2) is 0 Å². The molecule has 3 atom stereocenters. The van der Waals surface area contributed by atoms with Crippen LogP contribution < -0.4 is 0 Å². The first-order chi connectivity index (χ1) is 12.6. The molecular weight excluding hydrogens is 352 g/mol. The van der Waals surface area contributed by atoms with Crippen LogP contribution in [0, 0.1) is 11.8 Å². The van der Waals surface area contributed by atoms with Crippen molar-refractivity contribution in [3.8, 4) is 0 Å². The Balaban J connectivity index is 4.66. The van der Waals surface area contributed by atoms with Crippen LogP contribution in [0.3, 0.4) is 0 Å². The Morgan fingerprint density at radius 2 is 1.43 bits per heavy atom. The summed E-state index contributed by atoms with van der Waals surface area (Å²) in [5.74, 6) is 0.824. The molecule has 0 aliphatic carbocycles. The Bertz CT molecular complexity index is 409. The maximum atomic E-state index is 9.92. The van der Waals surface area contributed by atoms with E-state index in [2.05, 4.69) is 62.3 Å². The Morgan fingerprint density at radius 3 is 1.89 bits per heavy atom. The molecule has 0 aliphatic heterocycles. The lowest BCUT2D eigenvalue weighted by Crippen LogP contribution is -2.41. The first kappa shape index (κ1) is 27.8. The standard InChI is InChI=1S/C24H50O4/c1-12-21(24(10,11)27-16-14-22(6,7)25)17-20(5)28-23(8,9)19(4)13-15-26-18(2)3/h18-21,25H,12-17H2,1-11H3. The lowest BCUT2D eigenvalue weighted by Gasteiger charge is -2.39. The number of ether oxygens (including phenoxy) is 3. The molecule has 1 N–H and O–H groups in total. The van der Waals surface area contributed by atoms with Crippen molar-refractivity contribution in [2.45, 2.75) is 131 Å². The summed E-state index contributed by atoms with van der Waals surface area (Å²) >= 11 is 0. The van der Waals surface area contributed by atoms with Gasteiger partial charge in [-0.1, -0.05) is 20.3 Å². The number of rotatable bonds is 15. The van der Waals surface area contributed by atoms with Gasteiger partial charge in [0.25, 0.3) is 0 Å². The topological polar surface area (TPSA) is 47.9 Å². The molecule has 0 saturated heterocycles. The van der Waals surface area contributed by atoms with Crippen LogP contribution in [-0.2, 0) is 14.2 Å². The predicted octanol–water partition coefficient (Wildman–Crippen LogP) is 5.99. The van der Waals surface area contributed by atoms with Crippen LogP contribution >= 0.6 is 0 Å². The van der Waals surface area contributed by atoms with Gasteiger partial charge in [0.2, 0.25) is 0 Å². The molecule has 0 spiro atoms. The Hall–Kier alpha value is -0.160. The molecule has 0 aromatic rings. The van der Waals surface area contributed by atoms with E-state index in [1.807, 2.05) is 13.8 Å². The van der Waals surface area contributed by atoms with E-state index >= 15 is 0 Å². The first-order valence-electron chi connectivity index (χ1n) is 11.3. The van der Waals surface area contributed by atoms with Gasteiger partial charge >= 0.3 is 0 Å². The molecule has 0 aromatic carbocycles. The van der Waals surface area contributed by atoms with Gasteiger partial charge in [-0.15, -0.1) is 0 Å². The van der Waals surface area contributed by atoms with Gasteiger partial charge in [-0.25, -0.2) is 0 Å². The van der Waals surface area contributed by atoms with Crippen LogP contribution in [0.2, 0.25) is 0 Å². The summed E-state index contributed by atoms with van der Waals surface area (Å²) in [5.41, 5.74) is -1.11. The molecule has 0 rings (SSSR count). The monoisotopic (exact) mass is 402 g/mol. The van der Waals surface area contributed by atoms with Gasteiger partial charge in [-0.2, -0.15) is 0 Å². The summed E-state index contributed by atoms with van der Waals surface area (Å²) in [6.45, 7) is 24.5. The fraction of sp³-hybridized carbons (Fsp3) is 1.00. The number of aliphatic hydroxyl groups is 1. The smallest absolute Gasteiger partial charge is 0.0656 e. The fourth-order valence-electron chi connectivity index (χ4n) is 3.54. The van der Waals surface area contributed by atoms with Crippen LogP contribution in [-0.4, -0.2) is 47.3 Å². The van der Waals surface area contributed by atoms with E-state index in [0.717, 1.165) is 25.9 Å². The molecule has 0 heterocycles. The molecule has 0 amide bonds. The number of hydrogen-bond donors (Lipinski definition) is 1. The molecular formula is C24H50O4. The SMILES string of the molecule is CCC(CC(C)OC(C)(C)C(C)CCOC(C)C)C(C)(C)OCCC(C)(C)O. The van der Waals surface area contributed by atoms with Crippen molar-refractivity contribution in [3.05, 3.63) is 0 Å². The van der Waals surface area contributed by atoms with Crippen LogP contribution in [0.4, 0.5) is 0 Å². The Labute approximate surface area is 175 Å². The number of hydrogen-bond acceptors (Lipinski definition) is 4. The summed E-state index contributed by atoms with van der Waals surface area (Å²) < 4.78 is 18.4. The van der Waals surface area contributed by atoms with Crippen molar-refractivity contribution in [1.82, 2.24) is 0 Å². The normalized spacial score (nSPS) is 17.0. The summed E-state index contributed by atoms with van der Waals surface area (Å²) in [6, 6.07) is 0. The molecule has 170 valence electrons. The molecule has 0 aromatic heterocycles. The molecule has 0 radical (unpaired) electrons. The van der Waals surface area contributed by atoms with Crippen molar-refractivity contribution in [3.63, 3.8) is 0 Å². The van der Waals surface area contributed by atoms with Gasteiger partial charge in [-0.05, 0) is 93.4 Å². The summed E-state index contributed by atoms with van der Waals surface area (Å²) in [4.78, 5) is 0. The Morgan fingerprint density at radius 1 is 0.857 bits per heavy atom. The lowest BCUT2D eigenvalue weighted by atomic mass is 9.83. The van der Waals surface area contributed by atoms with Gasteiger partial charge in [0.15, 0.2) is 0 Å². The summed E-state index contributed by atoms with van der Waals surface area (Å²) in [6.07, 6.45) is 4.08. The molecule has 0 fully saturated rings. The second-order valence-electron chi connectivity index (χ2n) is 10.5. The highest BCUT2D eigenvalue weighted by Gasteiger charge is 2.34. The fourth-order valence-corrected chi connectivity index (χ4v) is 3.54. The minimum atomic E-state index is -0.687. The van der Waals surface area contributed by atoms with Crippen molar-refractivity contribution in [1.29, 1.82) is 0 Å². The molecule has 4 heteroatoms. The third kappa shape index (κ3) is 11.7. The summed E-state index contributed by atoms with van der Waals surface area (Å²) in [5, 5.41) is 9.92. The molecule has 3 unspecified atom stereocenters. The predicted molar refractivity (Wildman–Crippen MR) is 119 cm³/mol. The van der Waals surface area contributed by atoms with Crippen LogP contribution in [0.1, 0.15) is 102 Å². The van der Waals surface area contributed by atoms with Crippen molar-refractivity contribution >= 4 is 0 Å². The van der Waals surface area contributed by atoms with Gasteiger partial charge in [0, 0.05) is 6.61 Å². The van der Waals surface area contributed by atoms with Crippen molar-refractivity contribution in [2.24, 2.45) is 11.8 Å². The van der Waals surface area contributed by atoms with Crippen molar-refractivity contribution in [2.75, 3.05) is 13.2 Å². The van der Waals surface area contributed by atoms with Gasteiger partial charge in [0.1, 0.15) is 0 Å². The highest BCUT2D eigenvalue weighted by molar-refractivity contribution is 4.83. The second-order valence-corrected chi connectivity index (χ2v) is 10.5. The van der Waals surface area contributed by atoms with E-state index in [1.54, 1.807) is 0 Å². The molecule has 0 aliphatic rings. The average Bonchev–Trinajstić information content (AvgIpc) is 2.49. The van der Waals surface area contributed by atoms with E-state index < -0.39 is 5.60 Å². The highest BCUT2D eigenvalue weighted by Crippen LogP contribution is 2.33. The molecule has 28 heavy (non-hydrogen) atoms. The highest BCUT2D eigenvalue weighted by atomic mass is 16.5. The lowest BCUT2D eigenvalue weighted by molar-refractivity contribution is -0.128. The maximum Gasteiger partial charge on any atom is 0.0656 e. The van der Waals surface area contributed by atoms with E-state index in [4.69, 9.17) is 14.2 Å². The van der Waals surface area contributed by atoms with Crippen LogP contribution in [0.25, 0.3) is 0 Å². The minimum Gasteiger partial charge on any atom is -0.390 e. The third-order valence-electron chi connectivity index (χ3n) is 5.97. The minimum absolute atomic E-state index is 0.158. The summed E-state index contributed by atoms with van der Waals surface area (Å²) in [7, 11) is 0. The van der Waals surface area contributed by atoms with Gasteiger partial charge < -0.3 is 19.3 Å². The maximum absolute atomic E-state index is 9.92. The third-order valence-corrected chi connectivity index (χ3v) is 5.97. The zero-order chi connectivity index (χ0) is 22.2. The van der Waals surface area contributed by atoms with E-state index in [9.17, 15) is 5.11 Å². The second kappa shape index (κ2) is 11.9. The first-order valence-corrected chi connectivity index (χ1v) is 11.3. The van der Waals surface area contributed by atoms with Crippen molar-refractivity contribution < 1.29 is 19.3 Å². The zero-order valence-corrected chi connectivity index (χ0v) is 20.7. The average molecular weight is 403 g/mol. The molecule has 0 bridgehead atoms. The van der Waals surface area contributed by atoms with Gasteiger partial charge in [0.05, 0.1) is 35.6 Å². The Kier molecular flexibility index (Phi) is 11.8. The van der Waals surface area contributed by atoms with Gasteiger partial charge in [-0.3, -0.25) is 0 Å². The van der Waals surface area contributed by atoms with E-state index in [1.165, 1.54) is 0 Å². The zero-order valence-electron chi connectivity index (χ0n) is 20.7.